The number of benzene rings is 1. The molecule has 1 aliphatic carbocycles. The van der Waals surface area contributed by atoms with Gasteiger partial charge in [0, 0.05) is 43.9 Å². The van der Waals surface area contributed by atoms with E-state index in [9.17, 15) is 4.79 Å². The molecule has 0 spiro atoms. The van der Waals surface area contributed by atoms with Crippen molar-refractivity contribution < 1.29 is 9.53 Å². The summed E-state index contributed by atoms with van der Waals surface area (Å²) < 4.78 is 7.20. The monoisotopic (exact) mass is 420 g/mol. The van der Waals surface area contributed by atoms with Gasteiger partial charge >= 0.3 is 0 Å². The molecular weight excluding hydrogens is 392 g/mol. The summed E-state index contributed by atoms with van der Waals surface area (Å²) in [6, 6.07) is 11.8. The van der Waals surface area contributed by atoms with Crippen molar-refractivity contribution in [2.75, 3.05) is 32.1 Å². The van der Waals surface area contributed by atoms with Gasteiger partial charge < -0.3 is 20.7 Å². The van der Waals surface area contributed by atoms with E-state index in [1.54, 1.807) is 7.11 Å². The fourth-order valence-electron chi connectivity index (χ4n) is 3.96. The summed E-state index contributed by atoms with van der Waals surface area (Å²) in [6.45, 7) is 2.39. The van der Waals surface area contributed by atoms with Gasteiger partial charge in [-0.3, -0.25) is 4.79 Å². The Morgan fingerprint density at radius 2 is 2.03 bits per heavy atom. The van der Waals surface area contributed by atoms with E-state index in [0.717, 1.165) is 48.2 Å². The van der Waals surface area contributed by atoms with Crippen LogP contribution in [0, 0.1) is 5.92 Å². The van der Waals surface area contributed by atoms with Gasteiger partial charge in [0.25, 0.3) is 5.91 Å². The van der Waals surface area contributed by atoms with E-state index >= 15 is 0 Å². The summed E-state index contributed by atoms with van der Waals surface area (Å²) in [5, 5.41) is 14.5. The first-order valence-electron chi connectivity index (χ1n) is 10.9. The van der Waals surface area contributed by atoms with Crippen molar-refractivity contribution in [3.63, 3.8) is 0 Å². The molecule has 2 aliphatic rings. The standard InChI is InChI=1S/C23H28N6O2/c1-31-19-10-18(24-13-19)12-27-23(30)17-6-4-16(5-7-17)20-14-26-22-9-8-21(28-29(20)22)25-11-15-2-3-15/h4-9,14-15,18-19,24H,2-3,10-13H2,1H3,(H,25,28)(H,27,30)/t18-,19+/m0/s1. The average Bonchev–Trinajstić information content (AvgIpc) is 3.36. The molecule has 1 aliphatic heterocycles. The Morgan fingerprint density at radius 1 is 1.19 bits per heavy atom. The van der Waals surface area contributed by atoms with E-state index in [1.807, 2.05) is 47.1 Å². The van der Waals surface area contributed by atoms with Crippen LogP contribution in [0.3, 0.4) is 0 Å². The molecule has 1 amide bonds. The van der Waals surface area contributed by atoms with Crippen LogP contribution in [0.4, 0.5) is 5.82 Å². The lowest BCUT2D eigenvalue weighted by molar-refractivity contribution is 0.0946. The van der Waals surface area contributed by atoms with Crippen molar-refractivity contribution in [3.8, 4) is 11.3 Å². The number of hydrogen-bond donors (Lipinski definition) is 3. The van der Waals surface area contributed by atoms with Crippen LogP contribution in [-0.4, -0.2) is 59.4 Å². The van der Waals surface area contributed by atoms with Crippen LogP contribution in [0.1, 0.15) is 29.6 Å². The lowest BCUT2D eigenvalue weighted by Crippen LogP contribution is -2.37. The van der Waals surface area contributed by atoms with Crippen LogP contribution in [0.5, 0.6) is 0 Å². The number of rotatable bonds is 8. The van der Waals surface area contributed by atoms with Gasteiger partial charge in [0.1, 0.15) is 5.82 Å². The largest absolute Gasteiger partial charge is 0.380 e. The second-order valence-corrected chi connectivity index (χ2v) is 8.44. The van der Waals surface area contributed by atoms with E-state index in [0.29, 0.717) is 12.1 Å². The quantitative estimate of drug-likeness (QED) is 0.518. The molecule has 5 rings (SSSR count). The minimum Gasteiger partial charge on any atom is -0.380 e. The number of carbonyl (C=O) groups is 1. The van der Waals surface area contributed by atoms with Crippen LogP contribution < -0.4 is 16.0 Å². The Hall–Kier alpha value is -2.97. The Kier molecular flexibility index (Phi) is 5.57. The smallest absolute Gasteiger partial charge is 0.251 e. The van der Waals surface area contributed by atoms with Gasteiger partial charge in [0.2, 0.25) is 0 Å². The Morgan fingerprint density at radius 3 is 2.77 bits per heavy atom. The predicted molar refractivity (Wildman–Crippen MR) is 119 cm³/mol. The van der Waals surface area contributed by atoms with Crippen LogP contribution >= 0.6 is 0 Å². The van der Waals surface area contributed by atoms with Crippen molar-refractivity contribution in [1.82, 2.24) is 25.2 Å². The highest BCUT2D eigenvalue weighted by atomic mass is 16.5. The number of nitrogens with zero attached hydrogens (tertiary/aromatic N) is 3. The Bertz CT molecular complexity index is 1060. The third kappa shape index (κ3) is 4.55. The minimum atomic E-state index is -0.0722. The van der Waals surface area contributed by atoms with E-state index in [1.165, 1.54) is 12.8 Å². The van der Waals surface area contributed by atoms with Crippen molar-refractivity contribution >= 4 is 17.4 Å². The van der Waals surface area contributed by atoms with Crippen LogP contribution in [0.25, 0.3) is 16.9 Å². The summed E-state index contributed by atoms with van der Waals surface area (Å²) in [5.74, 6) is 1.56. The second kappa shape index (κ2) is 8.64. The minimum absolute atomic E-state index is 0.0722. The lowest BCUT2D eigenvalue weighted by Gasteiger charge is -2.12. The summed E-state index contributed by atoms with van der Waals surface area (Å²) in [7, 11) is 1.72. The fraction of sp³-hybridized carbons (Fsp3) is 0.435. The first-order valence-corrected chi connectivity index (χ1v) is 10.9. The molecule has 3 aromatic rings. The summed E-state index contributed by atoms with van der Waals surface area (Å²) in [6.07, 6.45) is 5.56. The molecule has 3 heterocycles. The Labute approximate surface area is 181 Å². The lowest BCUT2D eigenvalue weighted by atomic mass is 10.1. The number of hydrogen-bond acceptors (Lipinski definition) is 6. The zero-order valence-electron chi connectivity index (χ0n) is 17.7. The number of amides is 1. The second-order valence-electron chi connectivity index (χ2n) is 8.44. The Balaban J connectivity index is 1.25. The molecule has 2 aromatic heterocycles. The summed E-state index contributed by atoms with van der Waals surface area (Å²) in [5.41, 5.74) is 3.31. The third-order valence-corrected chi connectivity index (χ3v) is 6.10. The van der Waals surface area contributed by atoms with Crippen molar-refractivity contribution in [2.45, 2.75) is 31.4 Å². The van der Waals surface area contributed by atoms with E-state index in [2.05, 4.69) is 20.9 Å². The van der Waals surface area contributed by atoms with Gasteiger partial charge in [-0.15, -0.1) is 5.10 Å². The van der Waals surface area contributed by atoms with E-state index in [-0.39, 0.29) is 18.1 Å². The fourth-order valence-corrected chi connectivity index (χ4v) is 3.96. The van der Waals surface area contributed by atoms with Gasteiger partial charge in [0.15, 0.2) is 5.65 Å². The molecule has 2 atom stereocenters. The molecule has 1 aromatic carbocycles. The maximum absolute atomic E-state index is 12.5. The zero-order valence-corrected chi connectivity index (χ0v) is 17.7. The number of anilines is 1. The molecule has 3 N–H and O–H groups in total. The summed E-state index contributed by atoms with van der Waals surface area (Å²) in [4.78, 5) is 17.0. The van der Waals surface area contributed by atoms with Gasteiger partial charge in [0.05, 0.1) is 18.0 Å². The number of imidazole rings is 1. The van der Waals surface area contributed by atoms with E-state index in [4.69, 9.17) is 9.84 Å². The number of nitrogens with one attached hydrogen (secondary N) is 3. The summed E-state index contributed by atoms with van der Waals surface area (Å²) >= 11 is 0. The van der Waals surface area contributed by atoms with Gasteiger partial charge in [-0.05, 0) is 49.4 Å². The first-order chi connectivity index (χ1) is 15.2. The topological polar surface area (TPSA) is 92.6 Å². The van der Waals surface area contributed by atoms with Crippen LogP contribution in [0.2, 0.25) is 0 Å². The molecule has 0 radical (unpaired) electrons. The molecule has 0 unspecified atom stereocenters. The number of fused-ring (bicyclic) bond motifs is 1. The zero-order chi connectivity index (χ0) is 21.2. The molecule has 0 bridgehead atoms. The van der Waals surface area contributed by atoms with Crippen LogP contribution in [0.15, 0.2) is 42.6 Å². The van der Waals surface area contributed by atoms with E-state index < -0.39 is 0 Å². The van der Waals surface area contributed by atoms with Gasteiger partial charge in [-0.1, -0.05) is 12.1 Å². The molecule has 8 nitrogen and oxygen atoms in total. The highest BCUT2D eigenvalue weighted by Gasteiger charge is 2.24. The van der Waals surface area contributed by atoms with Crippen molar-refractivity contribution in [1.29, 1.82) is 0 Å². The predicted octanol–water partition coefficient (Wildman–Crippen LogP) is 2.32. The van der Waals surface area contributed by atoms with Crippen molar-refractivity contribution in [2.24, 2.45) is 5.92 Å². The van der Waals surface area contributed by atoms with Gasteiger partial charge in [-0.25, -0.2) is 9.50 Å². The van der Waals surface area contributed by atoms with Crippen LogP contribution in [-0.2, 0) is 4.74 Å². The number of ether oxygens (including phenoxy) is 1. The molecule has 1 saturated heterocycles. The maximum Gasteiger partial charge on any atom is 0.251 e. The van der Waals surface area contributed by atoms with Gasteiger partial charge in [-0.2, -0.15) is 0 Å². The molecule has 8 heteroatoms. The molecule has 1 saturated carbocycles. The van der Waals surface area contributed by atoms with Crippen molar-refractivity contribution in [3.05, 3.63) is 48.2 Å². The highest BCUT2D eigenvalue weighted by Crippen LogP contribution is 2.29. The molecule has 31 heavy (non-hydrogen) atoms. The average molecular weight is 421 g/mol. The molecule has 2 fully saturated rings. The molecule has 162 valence electrons. The number of methoxy groups -OCH3 is 1. The third-order valence-electron chi connectivity index (χ3n) is 6.10. The number of carbonyl (C=O) groups excluding carboxylic acids is 1. The first kappa shape index (κ1) is 20.0. The number of aromatic nitrogens is 3. The normalized spacial score (nSPS) is 20.8. The maximum atomic E-state index is 12.5. The highest BCUT2D eigenvalue weighted by molar-refractivity contribution is 5.94. The SMILES string of the molecule is CO[C@H]1CN[C@H](CNC(=O)c2ccc(-c3cnc4ccc(NCC5CC5)nn34)cc2)C1. The molecular formula is C23H28N6O2.